The molecule has 0 spiro atoms. The second-order valence-corrected chi connectivity index (χ2v) is 4.29. The highest BCUT2D eigenvalue weighted by Crippen LogP contribution is 2.25. The van der Waals surface area contributed by atoms with E-state index < -0.39 is 12.0 Å². The molecule has 0 aromatic heterocycles. The number of carbonyl (C=O) groups excluding carboxylic acids is 1. The molecule has 0 fully saturated rings. The number of esters is 1. The van der Waals surface area contributed by atoms with Crippen LogP contribution in [-0.4, -0.2) is 19.1 Å². The third-order valence-corrected chi connectivity index (χ3v) is 2.89. The van der Waals surface area contributed by atoms with Gasteiger partial charge in [0.05, 0.1) is 13.2 Å². The largest absolute Gasteiger partial charge is 0.465 e. The van der Waals surface area contributed by atoms with Crippen LogP contribution in [0, 0.1) is 18.2 Å². The molecule has 1 rings (SSSR count). The molecule has 0 saturated heterocycles. The van der Waals surface area contributed by atoms with Gasteiger partial charge in [-0.05, 0) is 24.6 Å². The van der Waals surface area contributed by atoms with Gasteiger partial charge in [0, 0.05) is 4.47 Å². The van der Waals surface area contributed by atoms with Gasteiger partial charge in [0.15, 0.2) is 0 Å². The van der Waals surface area contributed by atoms with Crippen LogP contribution in [0.5, 0.6) is 0 Å². The number of nitrogens with one attached hydrogen (secondary N) is 1. The number of hydrogen-bond donors (Lipinski definition) is 1. The van der Waals surface area contributed by atoms with Crippen LogP contribution in [0.15, 0.2) is 22.7 Å². The molecule has 1 N–H and O–H groups in total. The van der Waals surface area contributed by atoms with Crippen molar-refractivity contribution in [3.8, 4) is 12.3 Å². The summed E-state index contributed by atoms with van der Waals surface area (Å²) in [4.78, 5) is 11.8. The Labute approximate surface area is 114 Å². The minimum Gasteiger partial charge on any atom is -0.465 e. The van der Waals surface area contributed by atoms with Crippen molar-refractivity contribution in [3.05, 3.63) is 34.1 Å². The summed E-state index contributed by atoms with van der Waals surface area (Å²) in [6.07, 6.45) is 5.15. The molecule has 18 heavy (non-hydrogen) atoms. The summed E-state index contributed by atoms with van der Waals surface area (Å²) in [7, 11) is 0. The van der Waals surface area contributed by atoms with Gasteiger partial charge in [-0.15, -0.1) is 6.42 Å². The lowest BCUT2D eigenvalue weighted by molar-refractivity contribution is -0.145. The zero-order valence-corrected chi connectivity index (χ0v) is 11.5. The Bertz CT molecular complexity index is 471. The first kappa shape index (κ1) is 14.7. The first-order valence-corrected chi connectivity index (χ1v) is 6.17. The maximum Gasteiger partial charge on any atom is 0.327 e. The Hall–Kier alpha value is -1.38. The lowest BCUT2D eigenvalue weighted by Gasteiger charge is -2.17. The maximum absolute atomic E-state index is 13.0. The molecule has 1 atom stereocenters. The Morgan fingerprint density at radius 1 is 1.67 bits per heavy atom. The molecule has 3 nitrogen and oxygen atoms in total. The van der Waals surface area contributed by atoms with E-state index in [4.69, 9.17) is 11.2 Å². The lowest BCUT2D eigenvalue weighted by Crippen LogP contribution is -2.30. The molecule has 1 unspecified atom stereocenters. The van der Waals surface area contributed by atoms with E-state index in [9.17, 15) is 9.18 Å². The van der Waals surface area contributed by atoms with E-state index in [1.54, 1.807) is 6.92 Å². The summed E-state index contributed by atoms with van der Waals surface area (Å²) in [5.41, 5.74) is 0.588. The van der Waals surface area contributed by atoms with Crippen molar-refractivity contribution in [2.45, 2.75) is 13.0 Å². The molecular formula is C13H13BrFNO2. The molecule has 1 aromatic rings. The van der Waals surface area contributed by atoms with E-state index in [-0.39, 0.29) is 19.0 Å². The topological polar surface area (TPSA) is 38.3 Å². The first-order valence-electron chi connectivity index (χ1n) is 5.38. The monoisotopic (exact) mass is 313 g/mol. The summed E-state index contributed by atoms with van der Waals surface area (Å²) in [6, 6.07) is 3.38. The minimum atomic E-state index is -0.712. The molecule has 0 saturated carbocycles. The van der Waals surface area contributed by atoms with Crippen LogP contribution in [0.25, 0.3) is 0 Å². The van der Waals surface area contributed by atoms with Crippen LogP contribution in [-0.2, 0) is 9.53 Å². The molecule has 1 aromatic carbocycles. The number of terminal acetylenes is 1. The van der Waals surface area contributed by atoms with Crippen molar-refractivity contribution < 1.29 is 13.9 Å². The van der Waals surface area contributed by atoms with E-state index in [0.717, 1.165) is 0 Å². The quantitative estimate of drug-likeness (QED) is 0.670. The molecule has 5 heteroatoms. The zero-order valence-electron chi connectivity index (χ0n) is 9.87. The minimum absolute atomic E-state index is 0.216. The van der Waals surface area contributed by atoms with Gasteiger partial charge in [0.1, 0.15) is 11.9 Å². The van der Waals surface area contributed by atoms with Crippen LogP contribution in [0.2, 0.25) is 0 Å². The van der Waals surface area contributed by atoms with Crippen molar-refractivity contribution in [1.29, 1.82) is 0 Å². The Kier molecular flexibility index (Phi) is 5.83. The Morgan fingerprint density at radius 3 is 2.94 bits per heavy atom. The standard InChI is InChI=1S/C13H13BrFNO2/c1-3-7-16-12(13(17)18-4-2)10-6-5-9(15)8-11(10)14/h1,5-6,8,12,16H,4,7H2,2H3. The van der Waals surface area contributed by atoms with Crippen molar-refractivity contribution in [2.24, 2.45) is 0 Å². The summed E-state index contributed by atoms with van der Waals surface area (Å²) >= 11 is 3.22. The third kappa shape index (κ3) is 3.83. The smallest absolute Gasteiger partial charge is 0.327 e. The predicted molar refractivity (Wildman–Crippen MR) is 70.3 cm³/mol. The summed E-state index contributed by atoms with van der Waals surface area (Å²) < 4.78 is 18.5. The highest BCUT2D eigenvalue weighted by molar-refractivity contribution is 9.10. The van der Waals surface area contributed by atoms with E-state index in [1.807, 2.05) is 0 Å². The fourth-order valence-electron chi connectivity index (χ4n) is 1.44. The van der Waals surface area contributed by atoms with E-state index >= 15 is 0 Å². The molecule has 0 bridgehead atoms. The molecule has 0 aliphatic heterocycles. The number of ether oxygens (including phenoxy) is 1. The first-order chi connectivity index (χ1) is 8.60. The van der Waals surface area contributed by atoms with Crippen LogP contribution >= 0.6 is 15.9 Å². The third-order valence-electron chi connectivity index (χ3n) is 2.20. The highest BCUT2D eigenvalue weighted by atomic mass is 79.9. The fraction of sp³-hybridized carbons (Fsp3) is 0.308. The normalized spacial score (nSPS) is 11.7. The average molecular weight is 314 g/mol. The molecular weight excluding hydrogens is 301 g/mol. The van der Waals surface area contributed by atoms with Crippen LogP contribution in [0.4, 0.5) is 4.39 Å². The van der Waals surface area contributed by atoms with Gasteiger partial charge in [-0.2, -0.15) is 0 Å². The van der Waals surface area contributed by atoms with Gasteiger partial charge >= 0.3 is 5.97 Å². The van der Waals surface area contributed by atoms with Gasteiger partial charge in [-0.25, -0.2) is 9.18 Å². The number of benzene rings is 1. The van der Waals surface area contributed by atoms with E-state index in [0.29, 0.717) is 10.0 Å². The highest BCUT2D eigenvalue weighted by Gasteiger charge is 2.23. The van der Waals surface area contributed by atoms with E-state index in [2.05, 4.69) is 27.2 Å². The summed E-state index contributed by atoms with van der Waals surface area (Å²) in [5, 5.41) is 2.87. The van der Waals surface area contributed by atoms with Crippen LogP contribution in [0.1, 0.15) is 18.5 Å². The van der Waals surface area contributed by atoms with Crippen molar-refractivity contribution in [1.82, 2.24) is 5.32 Å². The van der Waals surface area contributed by atoms with E-state index in [1.165, 1.54) is 18.2 Å². The van der Waals surface area contributed by atoms with Gasteiger partial charge in [0.25, 0.3) is 0 Å². The maximum atomic E-state index is 13.0. The molecule has 0 aliphatic rings. The molecule has 0 aliphatic carbocycles. The fourth-order valence-corrected chi connectivity index (χ4v) is 2.02. The second kappa shape index (κ2) is 7.14. The number of halogens is 2. The van der Waals surface area contributed by atoms with Crippen molar-refractivity contribution >= 4 is 21.9 Å². The van der Waals surface area contributed by atoms with Crippen LogP contribution in [0.3, 0.4) is 0 Å². The number of hydrogen-bond acceptors (Lipinski definition) is 3. The summed E-state index contributed by atoms with van der Waals surface area (Å²) in [5.74, 6) is 1.56. The number of carbonyl (C=O) groups is 1. The Morgan fingerprint density at radius 2 is 2.39 bits per heavy atom. The van der Waals surface area contributed by atoms with Gasteiger partial charge in [-0.1, -0.05) is 27.9 Å². The number of rotatable bonds is 5. The van der Waals surface area contributed by atoms with Gasteiger partial charge < -0.3 is 4.74 Å². The zero-order chi connectivity index (χ0) is 13.5. The summed E-state index contributed by atoms with van der Waals surface area (Å²) in [6.45, 7) is 2.20. The SMILES string of the molecule is C#CCNC(C(=O)OCC)c1ccc(F)cc1Br. The lowest BCUT2D eigenvalue weighted by atomic mass is 10.1. The van der Waals surface area contributed by atoms with Crippen molar-refractivity contribution in [3.63, 3.8) is 0 Å². The second-order valence-electron chi connectivity index (χ2n) is 3.44. The average Bonchev–Trinajstić information content (AvgIpc) is 2.32. The molecule has 0 amide bonds. The van der Waals surface area contributed by atoms with Gasteiger partial charge in [-0.3, -0.25) is 5.32 Å². The Balaban J connectivity index is 3.01. The van der Waals surface area contributed by atoms with Gasteiger partial charge in [0.2, 0.25) is 0 Å². The van der Waals surface area contributed by atoms with Crippen LogP contribution < -0.4 is 5.32 Å². The van der Waals surface area contributed by atoms with Crippen molar-refractivity contribution in [2.75, 3.05) is 13.2 Å². The molecule has 0 heterocycles. The molecule has 0 radical (unpaired) electrons. The predicted octanol–water partition coefficient (Wildman–Crippen LogP) is 2.42. The molecule has 96 valence electrons.